The average Bonchev–Trinajstić information content (AvgIpc) is 3.03. The molecule has 3 heterocycles. The van der Waals surface area contributed by atoms with Crippen molar-refractivity contribution in [1.29, 1.82) is 0 Å². The minimum atomic E-state index is 0.341. The fourth-order valence-electron chi connectivity index (χ4n) is 3.25. The Morgan fingerprint density at radius 2 is 2.13 bits per heavy atom. The van der Waals surface area contributed by atoms with Crippen LogP contribution in [0.25, 0.3) is 0 Å². The second-order valence-electron chi connectivity index (χ2n) is 5.86. The van der Waals surface area contributed by atoms with Gasteiger partial charge in [0.1, 0.15) is 17.5 Å². The fraction of sp³-hybridized carbons (Fsp3) is 0.471. The van der Waals surface area contributed by atoms with E-state index in [9.17, 15) is 0 Å². The van der Waals surface area contributed by atoms with Gasteiger partial charge >= 0.3 is 0 Å². The Morgan fingerprint density at radius 1 is 1.26 bits per heavy atom. The van der Waals surface area contributed by atoms with E-state index in [1.54, 1.807) is 0 Å². The molecular formula is C17H24N6. The van der Waals surface area contributed by atoms with Crippen molar-refractivity contribution in [2.24, 2.45) is 0 Å². The lowest BCUT2D eigenvalue weighted by molar-refractivity contribution is 0.244. The van der Waals surface area contributed by atoms with Crippen molar-refractivity contribution in [1.82, 2.24) is 19.9 Å². The van der Waals surface area contributed by atoms with Gasteiger partial charge in [0.25, 0.3) is 0 Å². The topological polar surface area (TPSA) is 66.0 Å². The molecule has 2 N–H and O–H groups in total. The Kier molecular flexibility index (Phi) is 4.71. The van der Waals surface area contributed by atoms with Gasteiger partial charge in [-0.25, -0.2) is 15.0 Å². The Hall–Kier alpha value is -2.21. The summed E-state index contributed by atoms with van der Waals surface area (Å²) >= 11 is 0. The second kappa shape index (κ2) is 6.91. The summed E-state index contributed by atoms with van der Waals surface area (Å²) in [6.07, 6.45) is 4.15. The maximum atomic E-state index is 4.67. The lowest BCUT2D eigenvalue weighted by atomic mass is 10.1. The van der Waals surface area contributed by atoms with Crippen LogP contribution in [-0.4, -0.2) is 40.5 Å². The molecule has 2 aromatic heterocycles. The maximum absolute atomic E-state index is 4.67. The lowest BCUT2D eigenvalue weighted by Gasteiger charge is -2.25. The molecule has 0 bridgehead atoms. The van der Waals surface area contributed by atoms with E-state index in [1.165, 1.54) is 12.0 Å². The monoisotopic (exact) mass is 312 g/mol. The Bertz CT molecular complexity index is 672. The predicted octanol–water partition coefficient (Wildman–Crippen LogP) is 2.60. The number of aromatic nitrogens is 3. The van der Waals surface area contributed by atoms with Crippen molar-refractivity contribution in [3.63, 3.8) is 0 Å². The molecule has 1 atom stereocenters. The van der Waals surface area contributed by atoms with Crippen LogP contribution in [0.1, 0.15) is 36.0 Å². The van der Waals surface area contributed by atoms with Gasteiger partial charge in [0.2, 0.25) is 0 Å². The van der Waals surface area contributed by atoms with E-state index < -0.39 is 0 Å². The summed E-state index contributed by atoms with van der Waals surface area (Å²) in [7, 11) is 3.81. The quantitative estimate of drug-likeness (QED) is 0.884. The molecule has 0 radical (unpaired) electrons. The fourth-order valence-corrected chi connectivity index (χ4v) is 3.25. The van der Waals surface area contributed by atoms with Crippen molar-refractivity contribution in [2.75, 3.05) is 31.3 Å². The maximum Gasteiger partial charge on any atom is 0.130 e. The van der Waals surface area contributed by atoms with Crippen molar-refractivity contribution >= 4 is 11.6 Å². The van der Waals surface area contributed by atoms with Crippen LogP contribution in [0.2, 0.25) is 0 Å². The zero-order valence-corrected chi connectivity index (χ0v) is 14.0. The third-order valence-corrected chi connectivity index (χ3v) is 4.32. The highest BCUT2D eigenvalue weighted by atomic mass is 15.2. The normalized spacial score (nSPS) is 18.1. The Labute approximate surface area is 137 Å². The molecule has 2 aromatic rings. The van der Waals surface area contributed by atoms with Gasteiger partial charge in [0.05, 0.1) is 11.7 Å². The van der Waals surface area contributed by atoms with Crippen LogP contribution in [0.5, 0.6) is 0 Å². The van der Waals surface area contributed by atoms with E-state index in [4.69, 9.17) is 0 Å². The number of rotatable bonds is 5. The molecular weight excluding hydrogens is 288 g/mol. The SMILES string of the molecule is CNc1cc([C@@H]2CCCN2Cc2cccnc2NC)nc(C)n1. The predicted molar refractivity (Wildman–Crippen MR) is 92.5 cm³/mol. The van der Waals surface area contributed by atoms with Crippen LogP contribution in [0.15, 0.2) is 24.4 Å². The standard InChI is InChI=1S/C17H24N6/c1-12-21-14(10-16(18-2)22-12)15-7-5-9-23(15)11-13-6-4-8-20-17(13)19-3/h4,6,8,10,15H,5,7,9,11H2,1-3H3,(H,19,20)(H,18,21,22)/t15-/m0/s1. The third kappa shape index (κ3) is 3.42. The molecule has 1 fully saturated rings. The molecule has 1 saturated heterocycles. The molecule has 1 aliphatic rings. The van der Waals surface area contributed by atoms with Crippen LogP contribution in [0.3, 0.4) is 0 Å². The van der Waals surface area contributed by atoms with E-state index >= 15 is 0 Å². The molecule has 0 saturated carbocycles. The molecule has 122 valence electrons. The van der Waals surface area contributed by atoms with Gasteiger partial charge in [0.15, 0.2) is 0 Å². The molecule has 0 amide bonds. The van der Waals surface area contributed by atoms with Crippen molar-refractivity contribution in [3.05, 3.63) is 41.5 Å². The number of nitrogens with one attached hydrogen (secondary N) is 2. The van der Waals surface area contributed by atoms with Crippen LogP contribution >= 0.6 is 0 Å². The van der Waals surface area contributed by atoms with Gasteiger partial charge in [-0.05, 0) is 32.4 Å². The third-order valence-electron chi connectivity index (χ3n) is 4.32. The number of pyridine rings is 1. The summed E-state index contributed by atoms with van der Waals surface area (Å²) in [6, 6.07) is 6.54. The van der Waals surface area contributed by atoms with Gasteiger partial charge in [-0.1, -0.05) is 6.07 Å². The molecule has 6 nitrogen and oxygen atoms in total. The highest BCUT2D eigenvalue weighted by Crippen LogP contribution is 2.33. The van der Waals surface area contributed by atoms with E-state index in [2.05, 4.69) is 42.6 Å². The van der Waals surface area contributed by atoms with Gasteiger partial charge in [0, 0.05) is 38.5 Å². The smallest absolute Gasteiger partial charge is 0.130 e. The number of aryl methyl sites for hydroxylation is 1. The molecule has 3 rings (SSSR count). The summed E-state index contributed by atoms with van der Waals surface area (Å²) in [4.78, 5) is 16.0. The number of likely N-dealkylation sites (tertiary alicyclic amines) is 1. The number of hydrogen-bond acceptors (Lipinski definition) is 6. The first-order chi connectivity index (χ1) is 11.2. The first-order valence-electron chi connectivity index (χ1n) is 8.10. The highest BCUT2D eigenvalue weighted by Gasteiger charge is 2.28. The summed E-state index contributed by atoms with van der Waals surface area (Å²) in [5.41, 5.74) is 2.33. The van der Waals surface area contributed by atoms with Crippen molar-refractivity contribution in [3.8, 4) is 0 Å². The molecule has 1 aliphatic heterocycles. The van der Waals surface area contributed by atoms with Gasteiger partial charge in [-0.15, -0.1) is 0 Å². The minimum Gasteiger partial charge on any atom is -0.373 e. The number of nitrogens with zero attached hydrogens (tertiary/aromatic N) is 4. The largest absolute Gasteiger partial charge is 0.373 e. The van der Waals surface area contributed by atoms with Gasteiger partial charge in [-0.3, -0.25) is 4.90 Å². The van der Waals surface area contributed by atoms with Crippen LogP contribution in [0.4, 0.5) is 11.6 Å². The van der Waals surface area contributed by atoms with Crippen LogP contribution < -0.4 is 10.6 Å². The summed E-state index contributed by atoms with van der Waals surface area (Å²) in [5.74, 6) is 2.65. The lowest BCUT2D eigenvalue weighted by Crippen LogP contribution is -2.24. The summed E-state index contributed by atoms with van der Waals surface area (Å²) in [6.45, 7) is 3.91. The Morgan fingerprint density at radius 3 is 2.91 bits per heavy atom. The van der Waals surface area contributed by atoms with E-state index in [0.717, 1.165) is 42.7 Å². The van der Waals surface area contributed by atoms with Crippen LogP contribution in [-0.2, 0) is 6.54 Å². The number of hydrogen-bond donors (Lipinski definition) is 2. The number of anilines is 2. The second-order valence-corrected chi connectivity index (χ2v) is 5.86. The van der Waals surface area contributed by atoms with E-state index in [0.29, 0.717) is 6.04 Å². The zero-order chi connectivity index (χ0) is 16.2. The van der Waals surface area contributed by atoms with E-state index in [-0.39, 0.29) is 0 Å². The first kappa shape index (κ1) is 15.7. The molecule has 6 heteroatoms. The molecule has 0 aliphatic carbocycles. The van der Waals surface area contributed by atoms with Crippen molar-refractivity contribution < 1.29 is 0 Å². The highest BCUT2D eigenvalue weighted by molar-refractivity contribution is 5.43. The summed E-state index contributed by atoms with van der Waals surface area (Å²) < 4.78 is 0. The zero-order valence-electron chi connectivity index (χ0n) is 14.0. The first-order valence-corrected chi connectivity index (χ1v) is 8.10. The summed E-state index contributed by atoms with van der Waals surface area (Å²) in [5, 5.41) is 6.30. The average molecular weight is 312 g/mol. The Balaban J connectivity index is 1.84. The minimum absolute atomic E-state index is 0.341. The molecule has 0 spiro atoms. The molecule has 23 heavy (non-hydrogen) atoms. The van der Waals surface area contributed by atoms with Gasteiger partial charge in [-0.2, -0.15) is 0 Å². The molecule has 0 aromatic carbocycles. The van der Waals surface area contributed by atoms with Crippen LogP contribution in [0, 0.1) is 6.92 Å². The van der Waals surface area contributed by atoms with Gasteiger partial charge < -0.3 is 10.6 Å². The van der Waals surface area contributed by atoms with Crippen molar-refractivity contribution in [2.45, 2.75) is 32.4 Å². The molecule has 0 unspecified atom stereocenters. The van der Waals surface area contributed by atoms with E-state index in [1.807, 2.05) is 33.3 Å².